The first-order chi connectivity index (χ1) is 12.8. The maximum Gasteiger partial charge on any atom is 0.339 e. The third kappa shape index (κ3) is 6.87. The van der Waals surface area contributed by atoms with Crippen LogP contribution in [0.4, 0.5) is 4.79 Å². The van der Waals surface area contributed by atoms with Crippen molar-refractivity contribution in [2.45, 2.75) is 29.9 Å². The number of benzene rings is 1. The Kier molecular flexibility index (Phi) is 7.66. The van der Waals surface area contributed by atoms with Crippen LogP contribution in [0.2, 0.25) is 0 Å². The van der Waals surface area contributed by atoms with E-state index in [0.717, 1.165) is 6.42 Å². The van der Waals surface area contributed by atoms with Crippen LogP contribution in [0.5, 0.6) is 0 Å². The molecule has 3 amide bonds. The molecule has 0 spiro atoms. The summed E-state index contributed by atoms with van der Waals surface area (Å²) >= 11 is 1.32. The highest BCUT2D eigenvalue weighted by molar-refractivity contribution is 8.02. The van der Waals surface area contributed by atoms with E-state index in [9.17, 15) is 22.8 Å². The van der Waals surface area contributed by atoms with E-state index in [4.69, 9.17) is 4.74 Å². The molecule has 8 nitrogen and oxygen atoms in total. The van der Waals surface area contributed by atoms with Crippen LogP contribution in [0.15, 0.2) is 29.2 Å². The number of imide groups is 1. The van der Waals surface area contributed by atoms with Crippen LogP contribution in [0.25, 0.3) is 0 Å². The summed E-state index contributed by atoms with van der Waals surface area (Å²) in [6.45, 7) is 1.72. The number of rotatable bonds is 7. The topological polar surface area (TPSA) is 119 Å². The molecule has 0 aliphatic carbocycles. The summed E-state index contributed by atoms with van der Waals surface area (Å²) in [5.74, 6) is -1.21. The van der Waals surface area contributed by atoms with Gasteiger partial charge in [-0.3, -0.25) is 10.1 Å². The number of carbonyl (C=O) groups excluding carboxylic acids is 3. The van der Waals surface area contributed by atoms with Gasteiger partial charge in [-0.05, 0) is 25.0 Å². The number of carbonyl (C=O) groups is 3. The summed E-state index contributed by atoms with van der Waals surface area (Å²) in [7, 11) is -3.02. The van der Waals surface area contributed by atoms with E-state index in [0.29, 0.717) is 17.9 Å². The molecular formula is C17H22N2O6S2. The summed E-state index contributed by atoms with van der Waals surface area (Å²) < 4.78 is 28.2. The second-order valence-electron chi connectivity index (χ2n) is 6.02. The Morgan fingerprint density at radius 2 is 2.00 bits per heavy atom. The second kappa shape index (κ2) is 9.75. The van der Waals surface area contributed by atoms with Crippen LogP contribution >= 0.6 is 11.8 Å². The first kappa shape index (κ1) is 21.2. The highest BCUT2D eigenvalue weighted by Gasteiger charge is 2.29. The summed E-state index contributed by atoms with van der Waals surface area (Å²) in [5, 5.41) is 4.42. The molecule has 2 N–H and O–H groups in total. The molecule has 27 heavy (non-hydrogen) atoms. The van der Waals surface area contributed by atoms with E-state index >= 15 is 0 Å². The van der Waals surface area contributed by atoms with Crippen LogP contribution < -0.4 is 10.6 Å². The van der Waals surface area contributed by atoms with Gasteiger partial charge in [0.25, 0.3) is 5.91 Å². The van der Waals surface area contributed by atoms with Gasteiger partial charge in [-0.1, -0.05) is 19.1 Å². The molecule has 2 rings (SSSR count). The Hall–Kier alpha value is -2.07. The molecular weight excluding hydrogens is 392 g/mol. The minimum atomic E-state index is -3.02. The van der Waals surface area contributed by atoms with Crippen molar-refractivity contribution in [1.29, 1.82) is 0 Å². The lowest BCUT2D eigenvalue weighted by Crippen LogP contribution is -2.41. The van der Waals surface area contributed by atoms with Crippen LogP contribution in [0.3, 0.4) is 0 Å². The zero-order valence-corrected chi connectivity index (χ0v) is 16.5. The molecule has 1 aromatic rings. The maximum absolute atomic E-state index is 12.3. The first-order valence-electron chi connectivity index (χ1n) is 8.51. The van der Waals surface area contributed by atoms with E-state index in [1.807, 2.05) is 6.92 Å². The van der Waals surface area contributed by atoms with Crippen LogP contribution in [-0.4, -0.2) is 56.2 Å². The fraction of sp³-hybridized carbons (Fsp3) is 0.471. The minimum Gasteiger partial charge on any atom is -0.452 e. The monoisotopic (exact) mass is 414 g/mol. The van der Waals surface area contributed by atoms with E-state index in [1.165, 1.54) is 11.8 Å². The van der Waals surface area contributed by atoms with Crippen molar-refractivity contribution in [3.8, 4) is 0 Å². The second-order valence-corrected chi connectivity index (χ2v) is 9.59. The Bertz CT molecular complexity index is 809. The lowest BCUT2D eigenvalue weighted by molar-refractivity contribution is -0.123. The lowest BCUT2D eigenvalue weighted by Gasteiger charge is -2.12. The number of hydrogen-bond acceptors (Lipinski definition) is 7. The smallest absolute Gasteiger partial charge is 0.339 e. The fourth-order valence-electron chi connectivity index (χ4n) is 2.43. The van der Waals surface area contributed by atoms with Crippen LogP contribution in [0.1, 0.15) is 30.1 Å². The van der Waals surface area contributed by atoms with Crippen molar-refractivity contribution in [3.63, 3.8) is 0 Å². The van der Waals surface area contributed by atoms with Gasteiger partial charge in [0.2, 0.25) is 0 Å². The van der Waals surface area contributed by atoms with Gasteiger partial charge in [-0.2, -0.15) is 0 Å². The van der Waals surface area contributed by atoms with E-state index in [2.05, 4.69) is 10.6 Å². The molecule has 1 aliphatic heterocycles. The van der Waals surface area contributed by atoms with E-state index in [-0.39, 0.29) is 22.3 Å². The molecule has 1 atom stereocenters. The van der Waals surface area contributed by atoms with Crippen LogP contribution in [-0.2, 0) is 19.4 Å². The Morgan fingerprint density at radius 3 is 2.67 bits per heavy atom. The predicted molar refractivity (Wildman–Crippen MR) is 101 cm³/mol. The molecule has 1 saturated heterocycles. The third-order valence-corrected chi connectivity index (χ3v) is 7.04. The summed E-state index contributed by atoms with van der Waals surface area (Å²) in [5.41, 5.74) is 0.259. The van der Waals surface area contributed by atoms with Crippen molar-refractivity contribution >= 4 is 39.5 Å². The molecule has 0 unspecified atom stereocenters. The number of thioether (sulfide) groups is 1. The molecule has 1 heterocycles. The van der Waals surface area contributed by atoms with Crippen molar-refractivity contribution in [2.75, 3.05) is 24.7 Å². The highest BCUT2D eigenvalue weighted by Crippen LogP contribution is 2.33. The van der Waals surface area contributed by atoms with Gasteiger partial charge in [0.1, 0.15) is 0 Å². The largest absolute Gasteiger partial charge is 0.452 e. The lowest BCUT2D eigenvalue weighted by atomic mass is 10.2. The van der Waals surface area contributed by atoms with E-state index in [1.54, 1.807) is 24.3 Å². The van der Waals surface area contributed by atoms with Gasteiger partial charge in [0.05, 0.1) is 17.1 Å². The predicted octanol–water partition coefficient (Wildman–Crippen LogP) is 1.36. The number of ether oxygens (including phenoxy) is 1. The average molecular weight is 415 g/mol. The van der Waals surface area contributed by atoms with Crippen molar-refractivity contribution in [1.82, 2.24) is 10.6 Å². The number of urea groups is 1. The standard InChI is InChI=1S/C17H22N2O6S2/c1-2-8-18-17(22)19-15(20)10-25-16(21)13-5-3-4-6-14(13)26-12-7-9-27(23,24)11-12/h3-6,12H,2,7-11H2,1H3,(H2,18,19,20,22)/t12-/m1/s1. The van der Waals surface area contributed by atoms with Gasteiger partial charge in [-0.25, -0.2) is 18.0 Å². The fourth-order valence-corrected chi connectivity index (χ4v) is 6.04. The molecule has 1 aliphatic rings. The third-order valence-electron chi connectivity index (χ3n) is 3.71. The molecule has 0 aromatic heterocycles. The summed E-state index contributed by atoms with van der Waals surface area (Å²) in [4.78, 5) is 36.0. The minimum absolute atomic E-state index is 0.0797. The van der Waals surface area contributed by atoms with Gasteiger partial charge >= 0.3 is 12.0 Å². The average Bonchev–Trinajstić information content (AvgIpc) is 2.96. The molecule has 0 saturated carbocycles. The molecule has 0 bridgehead atoms. The highest BCUT2D eigenvalue weighted by atomic mass is 32.2. The summed E-state index contributed by atoms with van der Waals surface area (Å²) in [6, 6.07) is 6.03. The van der Waals surface area contributed by atoms with Gasteiger partial charge in [-0.15, -0.1) is 11.8 Å². The molecule has 10 heteroatoms. The Balaban J connectivity index is 1.91. The quantitative estimate of drug-likeness (QED) is 0.647. The summed E-state index contributed by atoms with van der Waals surface area (Å²) in [6.07, 6.45) is 1.26. The van der Waals surface area contributed by atoms with Gasteiger partial charge < -0.3 is 10.1 Å². The molecule has 1 aromatic carbocycles. The van der Waals surface area contributed by atoms with Crippen LogP contribution in [0, 0.1) is 0 Å². The maximum atomic E-state index is 12.3. The number of nitrogens with one attached hydrogen (secondary N) is 2. The molecule has 148 valence electrons. The number of amides is 3. The normalized spacial score (nSPS) is 17.9. The SMILES string of the molecule is CCCNC(=O)NC(=O)COC(=O)c1ccccc1S[C@@H]1CCS(=O)(=O)C1. The number of esters is 1. The van der Waals surface area contributed by atoms with Crippen molar-refractivity contribution < 1.29 is 27.5 Å². The van der Waals surface area contributed by atoms with E-state index < -0.39 is 34.4 Å². The Morgan fingerprint density at radius 1 is 1.26 bits per heavy atom. The molecule has 0 radical (unpaired) electrons. The zero-order valence-electron chi connectivity index (χ0n) is 14.9. The van der Waals surface area contributed by atoms with Gasteiger partial charge in [0.15, 0.2) is 16.4 Å². The zero-order chi connectivity index (χ0) is 19.9. The molecule has 1 fully saturated rings. The van der Waals surface area contributed by atoms with Gasteiger partial charge in [0, 0.05) is 16.7 Å². The van der Waals surface area contributed by atoms with Crippen molar-refractivity contribution in [2.24, 2.45) is 0 Å². The van der Waals surface area contributed by atoms with Crippen molar-refractivity contribution in [3.05, 3.63) is 29.8 Å². The number of hydrogen-bond donors (Lipinski definition) is 2. The first-order valence-corrected chi connectivity index (χ1v) is 11.2. The number of sulfone groups is 1. The Labute approximate surface area is 162 Å².